The molecule has 0 aliphatic carbocycles. The fraction of sp³-hybridized carbons (Fsp3) is 0.286. The number of rotatable bonds is 10. The normalized spacial score (nSPS) is 12.6. The summed E-state index contributed by atoms with van der Waals surface area (Å²) in [5, 5.41) is 35.0. The van der Waals surface area contributed by atoms with Crippen LogP contribution in [0.3, 0.4) is 0 Å². The lowest BCUT2D eigenvalue weighted by Crippen LogP contribution is -2.47. The average Bonchev–Trinajstić information content (AvgIpc) is 3.30. The van der Waals surface area contributed by atoms with Gasteiger partial charge < -0.3 is 20.5 Å². The molecule has 176 valence electrons. The minimum Gasteiger partial charge on any atom is -0.506 e. The van der Waals surface area contributed by atoms with Crippen LogP contribution in [0.4, 0.5) is 5.69 Å². The van der Waals surface area contributed by atoms with E-state index in [1.165, 1.54) is 12.1 Å². The van der Waals surface area contributed by atoms with Gasteiger partial charge in [-0.05, 0) is 29.9 Å². The Morgan fingerprint density at radius 1 is 1.15 bits per heavy atom. The van der Waals surface area contributed by atoms with Gasteiger partial charge in [-0.15, -0.1) is 23.1 Å². The zero-order valence-electron chi connectivity index (χ0n) is 18.1. The van der Waals surface area contributed by atoms with Crippen molar-refractivity contribution in [1.82, 2.24) is 5.32 Å². The van der Waals surface area contributed by atoms with Crippen molar-refractivity contribution in [3.8, 4) is 5.75 Å². The molecule has 0 aliphatic rings. The van der Waals surface area contributed by atoms with Gasteiger partial charge in [0.1, 0.15) is 9.96 Å². The molecule has 5 N–H and O–H groups in total. The molecule has 0 fully saturated rings. The molecule has 0 spiro atoms. The first-order valence-corrected chi connectivity index (χ1v) is 13.5. The lowest BCUT2D eigenvalue weighted by Gasteiger charge is -2.19. The zero-order chi connectivity index (χ0) is 24.2. The van der Waals surface area contributed by atoms with Crippen LogP contribution < -0.4 is 10.0 Å². The highest BCUT2D eigenvalue weighted by Gasteiger charge is 2.26. The Hall–Kier alpha value is -2.25. The number of phenols is 1. The minimum absolute atomic E-state index is 0.0663. The highest BCUT2D eigenvalue weighted by molar-refractivity contribution is 8.00. The number of aromatic hydroxyl groups is 1. The molecule has 1 aromatic heterocycles. The Labute approximate surface area is 201 Å². The van der Waals surface area contributed by atoms with Gasteiger partial charge in [-0.1, -0.05) is 44.2 Å². The molecule has 8 nitrogen and oxygen atoms in total. The van der Waals surface area contributed by atoms with E-state index in [0.29, 0.717) is 22.1 Å². The summed E-state index contributed by atoms with van der Waals surface area (Å²) in [4.78, 5) is 12.7. The van der Waals surface area contributed by atoms with Gasteiger partial charge in [0, 0.05) is 10.8 Å². The first kappa shape index (κ1) is 25.4. The molecule has 1 heterocycles. The van der Waals surface area contributed by atoms with Gasteiger partial charge in [-0.2, -0.15) is 0 Å². The fourth-order valence-electron chi connectivity index (χ4n) is 3.30. The van der Waals surface area contributed by atoms with Gasteiger partial charge in [-0.3, -0.25) is 9.52 Å². The number of hydrogen-bond donors (Lipinski definition) is 5. The first-order chi connectivity index (χ1) is 15.6. The number of carbonyl (C=O) groups is 1. The van der Waals surface area contributed by atoms with Crippen LogP contribution in [0.15, 0.2) is 56.9 Å². The Morgan fingerprint density at radius 2 is 1.85 bits per heavy atom. The minimum atomic E-state index is -3.82. The van der Waals surface area contributed by atoms with Crippen LogP contribution in [0.2, 0.25) is 0 Å². The van der Waals surface area contributed by atoms with E-state index in [9.17, 15) is 28.4 Å². The van der Waals surface area contributed by atoms with E-state index in [4.69, 9.17) is 0 Å². The molecule has 3 aromatic rings. The number of thiophene rings is 1. The summed E-state index contributed by atoms with van der Waals surface area (Å²) in [6.45, 7) is 3.81. The number of nitrogens with one attached hydrogen (secondary N) is 2. The average molecular weight is 508 g/mol. The maximum atomic E-state index is 12.8. The predicted octanol–water partition coefficient (Wildman–Crippen LogP) is 3.04. The largest absolute Gasteiger partial charge is 0.506 e. The highest BCUT2D eigenvalue weighted by atomic mass is 32.2. The summed E-state index contributed by atoms with van der Waals surface area (Å²) in [6, 6.07) is 11.5. The second-order valence-corrected chi connectivity index (χ2v) is 11.7. The monoisotopic (exact) mass is 508 g/mol. The molecular weight excluding hydrogens is 483 g/mol. The van der Waals surface area contributed by atoms with E-state index in [2.05, 4.69) is 10.0 Å². The van der Waals surface area contributed by atoms with Crippen molar-refractivity contribution in [3.63, 3.8) is 0 Å². The van der Waals surface area contributed by atoms with Crippen molar-refractivity contribution in [2.75, 3.05) is 10.5 Å². The summed E-state index contributed by atoms with van der Waals surface area (Å²) in [7, 11) is -5.50. The standard InChI is InChI=1S/C21H25BN2O6S3/c1-13(2)10-18(22(27)28)23-19(25)12-32-17-11-16(14-6-3-4-7-15(14)21(17)26)24-33(29,30)20-8-5-9-31-20/h3-9,11,13,18,24,26-28H,10,12H2,1-2H3,(H,23,25)/t18-/m0/s1. The Bertz CT molecular complexity index is 1220. The molecule has 0 aliphatic heterocycles. The van der Waals surface area contributed by atoms with Crippen LogP contribution in [0, 0.1) is 5.92 Å². The summed E-state index contributed by atoms with van der Waals surface area (Å²) in [6.07, 6.45) is 0.393. The first-order valence-electron chi connectivity index (χ1n) is 10.2. The van der Waals surface area contributed by atoms with E-state index in [-0.39, 0.29) is 27.3 Å². The second-order valence-electron chi connectivity index (χ2n) is 7.86. The number of benzene rings is 2. The van der Waals surface area contributed by atoms with Gasteiger partial charge in [0.05, 0.1) is 22.3 Å². The van der Waals surface area contributed by atoms with Crippen LogP contribution >= 0.6 is 23.1 Å². The summed E-state index contributed by atoms with van der Waals surface area (Å²) in [5.74, 6) is -1.27. The summed E-state index contributed by atoms with van der Waals surface area (Å²) in [5.41, 5.74) is 0.281. The van der Waals surface area contributed by atoms with Crippen molar-refractivity contribution >= 4 is 62.6 Å². The Morgan fingerprint density at radius 3 is 2.45 bits per heavy atom. The highest BCUT2D eigenvalue weighted by Crippen LogP contribution is 2.40. The molecule has 0 saturated carbocycles. The maximum absolute atomic E-state index is 12.8. The van der Waals surface area contributed by atoms with Crippen molar-refractivity contribution < 1.29 is 28.4 Å². The maximum Gasteiger partial charge on any atom is 0.475 e. The Kier molecular flexibility index (Phi) is 8.30. The van der Waals surface area contributed by atoms with Gasteiger partial charge >= 0.3 is 7.12 Å². The quantitative estimate of drug-likeness (QED) is 0.161. The van der Waals surface area contributed by atoms with Crippen LogP contribution in [0.25, 0.3) is 10.8 Å². The second kappa shape index (κ2) is 10.8. The van der Waals surface area contributed by atoms with Crippen LogP contribution in [0.1, 0.15) is 20.3 Å². The number of phenolic OH excluding ortho intramolecular Hbond substituents is 1. The molecular formula is C21H25BN2O6S3. The molecule has 0 radical (unpaired) electrons. The van der Waals surface area contributed by atoms with E-state index in [0.717, 1.165) is 23.1 Å². The number of sulfonamides is 1. The van der Waals surface area contributed by atoms with E-state index in [1.54, 1.807) is 35.7 Å². The van der Waals surface area contributed by atoms with E-state index < -0.39 is 29.0 Å². The number of carbonyl (C=O) groups excluding carboxylic acids is 1. The van der Waals surface area contributed by atoms with Crippen molar-refractivity contribution in [1.29, 1.82) is 0 Å². The number of hydrogen-bond acceptors (Lipinski definition) is 8. The molecule has 33 heavy (non-hydrogen) atoms. The molecule has 0 saturated heterocycles. The fourth-order valence-corrected chi connectivity index (χ4v) is 6.18. The third-order valence-corrected chi connectivity index (χ3v) is 8.57. The molecule has 2 aromatic carbocycles. The number of anilines is 1. The van der Waals surface area contributed by atoms with Crippen LogP contribution in [0.5, 0.6) is 5.75 Å². The zero-order valence-corrected chi connectivity index (χ0v) is 20.5. The third-order valence-electron chi connectivity index (χ3n) is 4.78. The van der Waals surface area contributed by atoms with Crippen LogP contribution in [-0.2, 0) is 14.8 Å². The van der Waals surface area contributed by atoms with Crippen molar-refractivity contribution in [2.45, 2.75) is 35.3 Å². The summed E-state index contributed by atoms with van der Waals surface area (Å²) < 4.78 is 28.3. The van der Waals surface area contributed by atoms with Gasteiger partial charge in [0.2, 0.25) is 5.91 Å². The van der Waals surface area contributed by atoms with Crippen molar-refractivity contribution in [2.24, 2.45) is 5.92 Å². The van der Waals surface area contributed by atoms with E-state index in [1.807, 2.05) is 13.8 Å². The van der Waals surface area contributed by atoms with Crippen molar-refractivity contribution in [3.05, 3.63) is 47.8 Å². The summed E-state index contributed by atoms with van der Waals surface area (Å²) >= 11 is 2.11. The Balaban J connectivity index is 1.85. The smallest absolute Gasteiger partial charge is 0.475 e. The topological polar surface area (TPSA) is 136 Å². The lowest BCUT2D eigenvalue weighted by molar-refractivity contribution is -0.119. The molecule has 12 heteroatoms. The number of amides is 1. The molecule has 0 unspecified atom stereocenters. The molecule has 1 amide bonds. The predicted molar refractivity (Wildman–Crippen MR) is 133 cm³/mol. The molecule has 0 bridgehead atoms. The lowest BCUT2D eigenvalue weighted by atomic mass is 9.75. The number of fused-ring (bicyclic) bond motifs is 1. The molecule has 3 rings (SSSR count). The molecule has 1 atom stereocenters. The van der Waals surface area contributed by atoms with Gasteiger partial charge in [0.25, 0.3) is 10.0 Å². The van der Waals surface area contributed by atoms with Gasteiger partial charge in [0.15, 0.2) is 0 Å². The number of thioether (sulfide) groups is 1. The van der Waals surface area contributed by atoms with E-state index >= 15 is 0 Å². The van der Waals surface area contributed by atoms with Crippen LogP contribution in [-0.4, -0.2) is 48.3 Å². The third kappa shape index (κ3) is 6.42. The van der Waals surface area contributed by atoms with Gasteiger partial charge in [-0.25, -0.2) is 8.42 Å². The SMILES string of the molecule is CC(C)C[C@H](NC(=O)CSc1cc(NS(=O)(=O)c2cccs2)c2ccccc2c1O)B(O)O.